The lowest BCUT2D eigenvalue weighted by molar-refractivity contribution is -0.192. The molecule has 4 rings (SSSR count). The van der Waals surface area contributed by atoms with Gasteiger partial charge in [-0.05, 0) is 43.0 Å². The van der Waals surface area contributed by atoms with Gasteiger partial charge in [0.1, 0.15) is 11.7 Å². The van der Waals surface area contributed by atoms with Gasteiger partial charge >= 0.3 is 0 Å². The van der Waals surface area contributed by atoms with Crippen molar-refractivity contribution < 1.29 is 23.7 Å². The Balaban J connectivity index is 1.69. The van der Waals surface area contributed by atoms with Crippen molar-refractivity contribution in [2.45, 2.75) is 64.5 Å². The van der Waals surface area contributed by atoms with E-state index >= 15 is 0 Å². The smallest absolute Gasteiger partial charge is 0.218 e. The van der Waals surface area contributed by atoms with E-state index in [1.807, 2.05) is 68.4 Å². The third-order valence-electron chi connectivity index (χ3n) is 6.42. The van der Waals surface area contributed by atoms with E-state index in [0.717, 1.165) is 22.3 Å². The van der Waals surface area contributed by atoms with Crippen LogP contribution in [0.25, 0.3) is 0 Å². The highest BCUT2D eigenvalue weighted by atomic mass is 16.8. The molecule has 0 N–H and O–H groups in total. The molecule has 0 radical (unpaired) electrons. The summed E-state index contributed by atoms with van der Waals surface area (Å²) in [7, 11) is 1.63. The molecule has 0 bridgehead atoms. The molecule has 0 aliphatic carbocycles. The molecule has 35 heavy (non-hydrogen) atoms. The summed E-state index contributed by atoms with van der Waals surface area (Å²) in [6, 6.07) is 22.3. The van der Waals surface area contributed by atoms with Crippen molar-refractivity contribution in [1.82, 2.24) is 4.98 Å². The first-order valence-electron chi connectivity index (χ1n) is 12.1. The van der Waals surface area contributed by atoms with Crippen molar-refractivity contribution in [3.63, 3.8) is 0 Å². The topological polar surface area (TPSA) is 59.0 Å². The Kier molecular flexibility index (Phi) is 8.19. The first kappa shape index (κ1) is 25.3. The minimum Gasteiger partial charge on any atom is -0.481 e. The molecular weight excluding hydrogens is 442 g/mol. The molecule has 0 amide bonds. The Morgan fingerprint density at radius 1 is 0.943 bits per heavy atom. The molecule has 1 saturated heterocycles. The van der Waals surface area contributed by atoms with Crippen molar-refractivity contribution in [1.29, 1.82) is 0 Å². The lowest BCUT2D eigenvalue weighted by atomic mass is 9.83. The van der Waals surface area contributed by atoms with Gasteiger partial charge in [0.2, 0.25) is 5.88 Å². The van der Waals surface area contributed by atoms with Crippen LogP contribution in [0.4, 0.5) is 0 Å². The van der Waals surface area contributed by atoms with Crippen LogP contribution in [0.3, 0.4) is 0 Å². The lowest BCUT2D eigenvalue weighted by Crippen LogP contribution is -2.45. The van der Waals surface area contributed by atoms with Crippen molar-refractivity contribution in [2.24, 2.45) is 0 Å². The van der Waals surface area contributed by atoms with Crippen LogP contribution in [0, 0.1) is 0 Å². The molecule has 0 saturated carbocycles. The second-order valence-corrected chi connectivity index (χ2v) is 9.16. The van der Waals surface area contributed by atoms with Crippen LogP contribution < -0.4 is 4.74 Å². The molecule has 186 valence electrons. The number of rotatable bonds is 11. The van der Waals surface area contributed by atoms with Crippen molar-refractivity contribution in [3.8, 4) is 5.88 Å². The number of nitrogens with zero attached hydrogens (tertiary/aromatic N) is 1. The van der Waals surface area contributed by atoms with Gasteiger partial charge in [0.25, 0.3) is 0 Å². The molecule has 2 atom stereocenters. The number of ether oxygens (including phenoxy) is 5. The van der Waals surface area contributed by atoms with E-state index in [4.69, 9.17) is 23.7 Å². The number of pyridine rings is 1. The van der Waals surface area contributed by atoms with Crippen LogP contribution in [-0.2, 0) is 44.4 Å². The molecule has 1 fully saturated rings. The van der Waals surface area contributed by atoms with Gasteiger partial charge in [0.15, 0.2) is 5.79 Å². The van der Waals surface area contributed by atoms with Gasteiger partial charge in [-0.3, -0.25) is 0 Å². The number of hydrogen-bond donors (Lipinski definition) is 0. The van der Waals surface area contributed by atoms with Gasteiger partial charge in [0, 0.05) is 11.8 Å². The van der Waals surface area contributed by atoms with Gasteiger partial charge in [-0.15, -0.1) is 0 Å². The number of methoxy groups -OCH3 is 1. The first-order valence-corrected chi connectivity index (χ1v) is 12.1. The minimum atomic E-state index is -0.786. The standard InChI is InChI=1S/C29H35NO5/c1-5-29(26-21-33-28(2,3)35-26,34-19-23-14-10-7-11-15-23)25-16-17-30-27(31-4)24(25)20-32-18-22-12-8-6-9-13-22/h6-17,26H,5,18-21H2,1-4H3/t26-,29-/m0/s1. The molecule has 1 aliphatic rings. The predicted octanol–water partition coefficient (Wildman–Crippen LogP) is 5.78. The van der Waals surface area contributed by atoms with Crippen LogP contribution in [-0.4, -0.2) is 30.6 Å². The maximum atomic E-state index is 6.79. The molecule has 6 heteroatoms. The summed E-state index contributed by atoms with van der Waals surface area (Å²) < 4.78 is 31.0. The summed E-state index contributed by atoms with van der Waals surface area (Å²) in [6.45, 7) is 7.64. The highest BCUT2D eigenvalue weighted by Gasteiger charge is 2.49. The fraction of sp³-hybridized carbons (Fsp3) is 0.414. The SMILES string of the molecule is CC[C@](OCc1ccccc1)(c1ccnc(OC)c1COCc1ccccc1)[C@@H]1COC(C)(C)O1. The Labute approximate surface area is 208 Å². The zero-order chi connectivity index (χ0) is 24.7. The number of hydrogen-bond acceptors (Lipinski definition) is 6. The molecule has 1 aromatic heterocycles. The normalized spacial score (nSPS) is 18.8. The van der Waals surface area contributed by atoms with Crippen LogP contribution in [0.1, 0.15) is 49.4 Å². The number of aromatic nitrogens is 1. The quantitative estimate of drug-likeness (QED) is 0.349. The van der Waals surface area contributed by atoms with Crippen LogP contribution in [0.2, 0.25) is 0 Å². The van der Waals surface area contributed by atoms with E-state index in [1.54, 1.807) is 13.3 Å². The average molecular weight is 478 g/mol. The van der Waals surface area contributed by atoms with Crippen molar-refractivity contribution >= 4 is 0 Å². The Hall–Kier alpha value is -2.77. The third-order valence-corrected chi connectivity index (χ3v) is 6.42. The maximum Gasteiger partial charge on any atom is 0.218 e. The Morgan fingerprint density at radius 3 is 2.17 bits per heavy atom. The van der Waals surface area contributed by atoms with Gasteiger partial charge < -0.3 is 23.7 Å². The van der Waals surface area contributed by atoms with E-state index in [0.29, 0.717) is 38.7 Å². The molecule has 1 aliphatic heterocycles. The van der Waals surface area contributed by atoms with Crippen LogP contribution >= 0.6 is 0 Å². The van der Waals surface area contributed by atoms with Crippen molar-refractivity contribution in [2.75, 3.05) is 13.7 Å². The Bertz CT molecular complexity index is 1070. The van der Waals surface area contributed by atoms with Gasteiger partial charge in [-0.25, -0.2) is 4.98 Å². The fourth-order valence-corrected chi connectivity index (χ4v) is 4.60. The zero-order valence-corrected chi connectivity index (χ0v) is 21.0. The molecule has 0 spiro atoms. The van der Waals surface area contributed by atoms with E-state index in [2.05, 4.69) is 24.0 Å². The summed E-state index contributed by atoms with van der Waals surface area (Å²) in [5.41, 5.74) is 3.21. The highest BCUT2D eigenvalue weighted by Crippen LogP contribution is 2.44. The minimum absolute atomic E-state index is 0.314. The molecule has 0 unspecified atom stereocenters. The Morgan fingerprint density at radius 2 is 1.60 bits per heavy atom. The largest absolute Gasteiger partial charge is 0.481 e. The second kappa shape index (κ2) is 11.3. The lowest BCUT2D eigenvalue weighted by Gasteiger charge is -2.39. The molecule has 6 nitrogen and oxygen atoms in total. The molecule has 3 aromatic rings. The van der Waals surface area contributed by atoms with Gasteiger partial charge in [0.05, 0.1) is 33.5 Å². The maximum absolute atomic E-state index is 6.79. The second-order valence-electron chi connectivity index (χ2n) is 9.16. The predicted molar refractivity (Wildman–Crippen MR) is 134 cm³/mol. The van der Waals surface area contributed by atoms with E-state index < -0.39 is 11.4 Å². The summed E-state index contributed by atoms with van der Waals surface area (Å²) in [5.74, 6) is -0.169. The fourth-order valence-electron chi connectivity index (χ4n) is 4.60. The first-order chi connectivity index (χ1) is 17.0. The van der Waals surface area contributed by atoms with Gasteiger partial charge in [-0.1, -0.05) is 67.6 Å². The zero-order valence-electron chi connectivity index (χ0n) is 21.0. The highest BCUT2D eigenvalue weighted by molar-refractivity contribution is 5.39. The summed E-state index contributed by atoms with van der Waals surface area (Å²) in [4.78, 5) is 4.47. The molecule has 2 aromatic carbocycles. The summed E-state index contributed by atoms with van der Waals surface area (Å²) in [5, 5.41) is 0. The summed E-state index contributed by atoms with van der Waals surface area (Å²) >= 11 is 0. The van der Waals surface area contributed by atoms with E-state index in [1.165, 1.54) is 0 Å². The van der Waals surface area contributed by atoms with E-state index in [-0.39, 0.29) is 6.10 Å². The third kappa shape index (κ3) is 5.90. The van der Waals surface area contributed by atoms with Crippen LogP contribution in [0.15, 0.2) is 72.9 Å². The van der Waals surface area contributed by atoms with E-state index in [9.17, 15) is 0 Å². The molecule has 2 heterocycles. The monoisotopic (exact) mass is 477 g/mol. The van der Waals surface area contributed by atoms with Crippen LogP contribution in [0.5, 0.6) is 5.88 Å². The van der Waals surface area contributed by atoms with Gasteiger partial charge in [-0.2, -0.15) is 0 Å². The number of benzene rings is 2. The van der Waals surface area contributed by atoms with Crippen molar-refractivity contribution in [3.05, 3.63) is 95.2 Å². The summed E-state index contributed by atoms with van der Waals surface area (Å²) in [6.07, 6.45) is 2.11. The molecular formula is C29H35NO5. The average Bonchev–Trinajstić information content (AvgIpc) is 3.26.